The number of nitrogens with zero attached hydrogens (tertiary/aromatic N) is 1. The molecule has 0 aromatic heterocycles. The highest BCUT2D eigenvalue weighted by Crippen LogP contribution is 2.26. The lowest BCUT2D eigenvalue weighted by atomic mass is 10.0. The van der Waals surface area contributed by atoms with Crippen molar-refractivity contribution in [2.75, 3.05) is 26.4 Å². The van der Waals surface area contributed by atoms with Crippen LogP contribution in [0.2, 0.25) is 0 Å². The normalized spacial score (nSPS) is 36.2. The van der Waals surface area contributed by atoms with Crippen LogP contribution in [0.3, 0.4) is 0 Å². The Labute approximate surface area is 105 Å². The fraction of sp³-hybridized carbons (Fsp3) is 1.00. The maximum absolute atomic E-state index is 11.7. The number of piperidine rings is 1. The summed E-state index contributed by atoms with van der Waals surface area (Å²) >= 11 is 0. The third-order valence-electron chi connectivity index (χ3n) is 4.08. The van der Waals surface area contributed by atoms with E-state index in [1.165, 1.54) is 25.6 Å². The van der Waals surface area contributed by atoms with E-state index in [1.54, 1.807) is 0 Å². The molecule has 5 heteroatoms. The zero-order chi connectivity index (χ0) is 12.5. The van der Waals surface area contributed by atoms with Crippen molar-refractivity contribution in [2.45, 2.75) is 49.4 Å². The average molecular weight is 260 g/mol. The van der Waals surface area contributed by atoms with Crippen molar-refractivity contribution < 1.29 is 8.42 Å². The first-order valence-electron chi connectivity index (χ1n) is 6.60. The molecule has 0 bridgehead atoms. The van der Waals surface area contributed by atoms with Crippen molar-refractivity contribution in [3.63, 3.8) is 0 Å². The van der Waals surface area contributed by atoms with E-state index in [4.69, 9.17) is 0 Å². The van der Waals surface area contributed by atoms with E-state index < -0.39 is 9.84 Å². The number of hydrogen-bond acceptors (Lipinski definition) is 4. The first-order valence-corrected chi connectivity index (χ1v) is 8.56. The Bertz CT molecular complexity index is 356. The molecule has 1 saturated heterocycles. The zero-order valence-corrected chi connectivity index (χ0v) is 11.7. The summed E-state index contributed by atoms with van der Waals surface area (Å²) in [6, 6.07) is 0.655. The van der Waals surface area contributed by atoms with Gasteiger partial charge in [-0.25, -0.2) is 8.42 Å². The molecular weight excluding hydrogens is 236 g/mol. The molecule has 0 spiro atoms. The predicted molar refractivity (Wildman–Crippen MR) is 69.9 cm³/mol. The van der Waals surface area contributed by atoms with Gasteiger partial charge in [0.25, 0.3) is 0 Å². The fourth-order valence-electron chi connectivity index (χ4n) is 3.23. The largest absolute Gasteiger partial charge is 0.309 e. The van der Waals surface area contributed by atoms with Crippen LogP contribution in [-0.2, 0) is 9.84 Å². The summed E-state index contributed by atoms with van der Waals surface area (Å²) < 4.78 is 23.4. The van der Waals surface area contributed by atoms with Crippen molar-refractivity contribution in [1.82, 2.24) is 10.2 Å². The van der Waals surface area contributed by atoms with Crippen LogP contribution in [0.4, 0.5) is 0 Å². The average Bonchev–Trinajstić information content (AvgIpc) is 2.65. The highest BCUT2D eigenvalue weighted by Gasteiger charge is 2.36. The molecule has 1 aliphatic carbocycles. The molecule has 17 heavy (non-hydrogen) atoms. The van der Waals surface area contributed by atoms with Gasteiger partial charge in [-0.1, -0.05) is 6.42 Å². The second-order valence-corrected chi connectivity index (χ2v) is 7.94. The minimum Gasteiger partial charge on any atom is -0.309 e. The van der Waals surface area contributed by atoms with E-state index >= 15 is 0 Å². The summed E-state index contributed by atoms with van der Waals surface area (Å²) in [6.45, 7) is 2.21. The monoisotopic (exact) mass is 260 g/mol. The zero-order valence-electron chi connectivity index (χ0n) is 10.9. The van der Waals surface area contributed by atoms with Gasteiger partial charge in [0.2, 0.25) is 0 Å². The van der Waals surface area contributed by atoms with E-state index in [2.05, 4.69) is 17.3 Å². The van der Waals surface area contributed by atoms with Crippen LogP contribution in [-0.4, -0.2) is 57.0 Å². The number of likely N-dealkylation sites (tertiary alicyclic amines) is 1. The molecule has 4 nitrogen and oxygen atoms in total. The van der Waals surface area contributed by atoms with E-state index in [1.807, 2.05) is 0 Å². The lowest BCUT2D eigenvalue weighted by Crippen LogP contribution is -2.51. The molecule has 2 rings (SSSR count). The van der Waals surface area contributed by atoms with Gasteiger partial charge in [-0.05, 0) is 39.3 Å². The van der Waals surface area contributed by atoms with Gasteiger partial charge in [0.1, 0.15) is 0 Å². The molecule has 3 unspecified atom stereocenters. The molecule has 1 N–H and O–H groups in total. The molecular formula is C12H24N2O2S. The van der Waals surface area contributed by atoms with Crippen molar-refractivity contribution >= 4 is 9.84 Å². The Morgan fingerprint density at radius 1 is 1.18 bits per heavy atom. The smallest absolute Gasteiger partial charge is 0.151 e. The van der Waals surface area contributed by atoms with E-state index in [0.717, 1.165) is 25.8 Å². The van der Waals surface area contributed by atoms with Gasteiger partial charge in [0.15, 0.2) is 9.84 Å². The van der Waals surface area contributed by atoms with Crippen molar-refractivity contribution in [3.05, 3.63) is 0 Å². The van der Waals surface area contributed by atoms with E-state index in [9.17, 15) is 8.42 Å². The van der Waals surface area contributed by atoms with Gasteiger partial charge in [0, 0.05) is 24.9 Å². The van der Waals surface area contributed by atoms with Crippen LogP contribution in [0, 0.1) is 0 Å². The van der Waals surface area contributed by atoms with Crippen LogP contribution < -0.4 is 5.32 Å². The molecule has 0 amide bonds. The summed E-state index contributed by atoms with van der Waals surface area (Å²) in [4.78, 5) is 2.32. The first kappa shape index (κ1) is 13.3. The molecule has 0 radical (unpaired) electrons. The SMILES string of the molecule is CN1CCCC(NC2CCCC2S(C)(=O)=O)C1. The number of rotatable bonds is 3. The molecule has 0 aromatic carbocycles. The van der Waals surface area contributed by atoms with Gasteiger partial charge >= 0.3 is 0 Å². The van der Waals surface area contributed by atoms with Crippen molar-refractivity contribution in [3.8, 4) is 0 Å². The topological polar surface area (TPSA) is 49.4 Å². The second kappa shape index (κ2) is 5.24. The molecule has 100 valence electrons. The van der Waals surface area contributed by atoms with Crippen LogP contribution in [0.25, 0.3) is 0 Å². The molecule has 1 saturated carbocycles. The van der Waals surface area contributed by atoms with Crippen LogP contribution in [0.1, 0.15) is 32.1 Å². The van der Waals surface area contributed by atoms with Crippen molar-refractivity contribution in [1.29, 1.82) is 0 Å². The van der Waals surface area contributed by atoms with E-state index in [-0.39, 0.29) is 11.3 Å². The van der Waals surface area contributed by atoms with Gasteiger partial charge in [0.05, 0.1) is 5.25 Å². The number of sulfone groups is 1. The predicted octanol–water partition coefficient (Wildman–Crippen LogP) is 0.636. The van der Waals surface area contributed by atoms with Crippen LogP contribution >= 0.6 is 0 Å². The summed E-state index contributed by atoms with van der Waals surface area (Å²) in [5.74, 6) is 0. The molecule has 0 aromatic rings. The van der Waals surface area contributed by atoms with Crippen LogP contribution in [0.5, 0.6) is 0 Å². The highest BCUT2D eigenvalue weighted by molar-refractivity contribution is 7.91. The number of likely N-dealkylation sites (N-methyl/N-ethyl adjacent to an activating group) is 1. The molecule has 1 heterocycles. The lowest BCUT2D eigenvalue weighted by molar-refractivity contribution is 0.216. The lowest BCUT2D eigenvalue weighted by Gasteiger charge is -2.33. The number of nitrogens with one attached hydrogen (secondary N) is 1. The Hall–Kier alpha value is -0.130. The van der Waals surface area contributed by atoms with Gasteiger partial charge in [-0.15, -0.1) is 0 Å². The maximum atomic E-state index is 11.7. The number of hydrogen-bond donors (Lipinski definition) is 1. The standard InChI is InChI=1S/C12H24N2O2S/c1-14-8-4-5-10(9-14)13-11-6-3-7-12(11)17(2,15)16/h10-13H,3-9H2,1-2H3. The first-order chi connectivity index (χ1) is 7.97. The van der Waals surface area contributed by atoms with E-state index in [0.29, 0.717) is 6.04 Å². The third-order valence-corrected chi connectivity index (χ3v) is 5.74. The highest BCUT2D eigenvalue weighted by atomic mass is 32.2. The molecule has 2 aliphatic rings. The summed E-state index contributed by atoms with van der Waals surface area (Å²) in [6.07, 6.45) is 6.65. The van der Waals surface area contributed by atoms with Gasteiger partial charge in [-0.3, -0.25) is 0 Å². The fourth-order valence-corrected chi connectivity index (χ4v) is 4.64. The summed E-state index contributed by atoms with van der Waals surface area (Å²) in [7, 11) is -0.757. The minimum absolute atomic E-state index is 0.158. The van der Waals surface area contributed by atoms with Gasteiger partial charge < -0.3 is 10.2 Å². The minimum atomic E-state index is -2.89. The Kier molecular flexibility index (Phi) is 4.10. The van der Waals surface area contributed by atoms with Gasteiger partial charge in [-0.2, -0.15) is 0 Å². The summed E-state index contributed by atoms with van der Waals surface area (Å²) in [5.41, 5.74) is 0. The quantitative estimate of drug-likeness (QED) is 0.809. The second-order valence-electron chi connectivity index (χ2n) is 5.67. The van der Waals surface area contributed by atoms with Crippen molar-refractivity contribution in [2.24, 2.45) is 0 Å². The van der Waals surface area contributed by atoms with Crippen LogP contribution in [0.15, 0.2) is 0 Å². The molecule has 2 fully saturated rings. The maximum Gasteiger partial charge on any atom is 0.151 e. The molecule has 1 aliphatic heterocycles. The summed E-state index contributed by atoms with van der Waals surface area (Å²) in [5, 5.41) is 3.43. The Morgan fingerprint density at radius 3 is 2.59 bits per heavy atom. The third kappa shape index (κ3) is 3.42. The molecule has 3 atom stereocenters. The Morgan fingerprint density at radius 2 is 1.94 bits per heavy atom. The Balaban J connectivity index is 1.93.